The van der Waals surface area contributed by atoms with Gasteiger partial charge in [-0.05, 0) is 32.4 Å². The predicted octanol–water partition coefficient (Wildman–Crippen LogP) is 2.01. The van der Waals surface area contributed by atoms with Gasteiger partial charge in [0.15, 0.2) is 12.2 Å². The largest absolute Gasteiger partial charge is 0.397 e. The Labute approximate surface area is 158 Å². The van der Waals surface area contributed by atoms with Crippen LogP contribution >= 0.6 is 0 Å². The Hall–Kier alpha value is -3.03. The zero-order chi connectivity index (χ0) is 19.5. The summed E-state index contributed by atoms with van der Waals surface area (Å²) < 4.78 is 0. The summed E-state index contributed by atoms with van der Waals surface area (Å²) in [6.07, 6.45) is 0.181. The number of anilines is 2. The van der Waals surface area contributed by atoms with Gasteiger partial charge in [0, 0.05) is 25.0 Å². The number of para-hydroxylation sites is 2. The van der Waals surface area contributed by atoms with E-state index < -0.39 is 12.2 Å². The lowest BCUT2D eigenvalue weighted by Gasteiger charge is -2.40. The fourth-order valence-corrected chi connectivity index (χ4v) is 4.02. The summed E-state index contributed by atoms with van der Waals surface area (Å²) in [6.45, 7) is 6.32. The second-order valence-corrected chi connectivity index (χ2v) is 7.11. The van der Waals surface area contributed by atoms with E-state index in [2.05, 4.69) is 0 Å². The average Bonchev–Trinajstić information content (AvgIpc) is 3.14. The van der Waals surface area contributed by atoms with Crippen molar-refractivity contribution in [3.8, 4) is 0 Å². The van der Waals surface area contributed by atoms with Crippen LogP contribution in [0.15, 0.2) is 40.7 Å². The topological polar surface area (TPSA) is 85.5 Å². The van der Waals surface area contributed by atoms with Crippen molar-refractivity contribution in [2.45, 2.75) is 39.4 Å². The maximum atomic E-state index is 13.2. The summed E-state index contributed by atoms with van der Waals surface area (Å²) in [5.41, 5.74) is 9.56. The number of rotatable bonds is 3. The Morgan fingerprint density at radius 3 is 2.52 bits per heavy atom. The molecule has 3 aliphatic heterocycles. The number of benzene rings is 1. The van der Waals surface area contributed by atoms with Crippen LogP contribution in [0.3, 0.4) is 0 Å². The van der Waals surface area contributed by atoms with Gasteiger partial charge in [-0.2, -0.15) is 0 Å². The Bertz CT molecular complexity index is 892. The number of guanidine groups is 1. The van der Waals surface area contributed by atoms with Gasteiger partial charge in [0.2, 0.25) is 5.96 Å². The highest BCUT2D eigenvalue weighted by Crippen LogP contribution is 2.41. The van der Waals surface area contributed by atoms with Crippen LogP contribution in [-0.4, -0.2) is 58.4 Å². The number of urea groups is 1. The molecular weight excluding hydrogens is 344 g/mol. The summed E-state index contributed by atoms with van der Waals surface area (Å²) in [5, 5.41) is 0. The maximum absolute atomic E-state index is 13.2. The molecule has 2 unspecified atom stereocenters. The second-order valence-electron chi connectivity index (χ2n) is 7.11. The van der Waals surface area contributed by atoms with Crippen molar-refractivity contribution in [1.29, 1.82) is 0 Å². The Kier molecular flexibility index (Phi) is 3.87. The highest BCUT2D eigenvalue weighted by Gasteiger charge is 2.55. The molecule has 0 aliphatic carbocycles. The number of hydrogen-bond acceptors (Lipinski definition) is 6. The Balaban J connectivity index is 1.80. The number of imide groups is 1. The molecule has 0 radical (unpaired) electrons. The summed E-state index contributed by atoms with van der Waals surface area (Å²) in [5.74, 6) is 0.447. The van der Waals surface area contributed by atoms with Crippen molar-refractivity contribution < 1.29 is 9.59 Å². The maximum Gasteiger partial charge on any atom is 0.328 e. The minimum Gasteiger partial charge on any atom is -0.397 e. The quantitative estimate of drug-likeness (QED) is 0.825. The first-order chi connectivity index (χ1) is 12.9. The number of allylic oxidation sites excluding steroid dienone is 2. The Morgan fingerprint density at radius 2 is 1.85 bits per heavy atom. The van der Waals surface area contributed by atoms with Gasteiger partial charge in [-0.25, -0.2) is 9.79 Å². The third-order valence-corrected chi connectivity index (χ3v) is 5.52. The molecule has 2 atom stereocenters. The number of carbonyl (C=O) groups is 2. The third-order valence-electron chi connectivity index (χ3n) is 5.52. The number of fused-ring (bicyclic) bond motifs is 3. The first kappa shape index (κ1) is 17.4. The van der Waals surface area contributed by atoms with Gasteiger partial charge in [0.05, 0.1) is 11.4 Å². The number of nitrogens with two attached hydrogens (primary N) is 1. The highest BCUT2D eigenvalue weighted by molar-refractivity contribution is 6.11. The van der Waals surface area contributed by atoms with Crippen LogP contribution in [-0.2, 0) is 4.79 Å². The van der Waals surface area contributed by atoms with Crippen LogP contribution in [0.1, 0.15) is 27.2 Å². The summed E-state index contributed by atoms with van der Waals surface area (Å²) >= 11 is 0. The monoisotopic (exact) mass is 368 g/mol. The number of carbonyl (C=O) groups excluding carboxylic acids is 2. The highest BCUT2D eigenvalue weighted by atomic mass is 16.2. The Morgan fingerprint density at radius 1 is 1.15 bits per heavy atom. The van der Waals surface area contributed by atoms with E-state index in [0.717, 1.165) is 23.5 Å². The molecule has 4 rings (SSSR count). The van der Waals surface area contributed by atoms with Crippen molar-refractivity contribution in [3.63, 3.8) is 0 Å². The van der Waals surface area contributed by atoms with Gasteiger partial charge in [0.1, 0.15) is 0 Å². The van der Waals surface area contributed by atoms with E-state index in [9.17, 15) is 9.59 Å². The van der Waals surface area contributed by atoms with Gasteiger partial charge in [-0.1, -0.05) is 19.1 Å². The molecule has 0 aromatic heterocycles. The molecule has 0 bridgehead atoms. The van der Waals surface area contributed by atoms with E-state index in [4.69, 9.17) is 10.7 Å². The normalized spacial score (nSPS) is 24.7. The number of hydrogen-bond donors (Lipinski definition) is 1. The van der Waals surface area contributed by atoms with Crippen LogP contribution in [0.25, 0.3) is 0 Å². The molecule has 3 aliphatic rings. The molecule has 0 spiro atoms. The number of likely N-dealkylation sites (N-methyl/N-ethyl adjacent to an activating group) is 1. The third kappa shape index (κ3) is 2.25. The minimum absolute atomic E-state index is 0.196. The minimum atomic E-state index is -0.542. The van der Waals surface area contributed by atoms with Crippen molar-refractivity contribution >= 4 is 29.3 Å². The molecule has 1 aromatic rings. The number of nitrogens with zero attached hydrogens (tertiary/aromatic N) is 5. The zero-order valence-corrected chi connectivity index (χ0v) is 16.0. The first-order valence-electron chi connectivity index (χ1n) is 9.15. The van der Waals surface area contributed by atoms with Gasteiger partial charge in [-0.3, -0.25) is 19.5 Å². The molecule has 3 amide bonds. The first-order valence-corrected chi connectivity index (χ1v) is 9.15. The lowest BCUT2D eigenvalue weighted by Crippen LogP contribution is -2.64. The summed E-state index contributed by atoms with van der Waals surface area (Å²) in [4.78, 5) is 37.4. The van der Waals surface area contributed by atoms with Gasteiger partial charge >= 0.3 is 6.03 Å². The standard InChI is InChI=1S/C19H24N6O2/c1-5-10-23-17(26)15-16(22(4)19(23)27)21-18-24(11(2)12(3)25(15)18)14-9-7-6-8-13(14)20/h6-9,15-16H,5,10,20H2,1-4H3. The van der Waals surface area contributed by atoms with Crippen LogP contribution in [0.5, 0.6) is 0 Å². The van der Waals surface area contributed by atoms with Gasteiger partial charge in [0.25, 0.3) is 5.91 Å². The van der Waals surface area contributed by atoms with E-state index in [1.807, 2.05) is 54.8 Å². The molecule has 2 N–H and O–H groups in total. The fourth-order valence-electron chi connectivity index (χ4n) is 4.02. The SMILES string of the molecule is CCCN1C(=O)C2C(N=C3N(c4ccccc4N)C(C)=C(C)N32)N(C)C1=O. The van der Waals surface area contributed by atoms with Crippen LogP contribution < -0.4 is 10.6 Å². The number of amides is 3. The smallest absolute Gasteiger partial charge is 0.328 e. The van der Waals surface area contributed by atoms with E-state index in [1.165, 1.54) is 4.90 Å². The molecule has 1 fully saturated rings. The lowest BCUT2D eigenvalue weighted by molar-refractivity contribution is -0.136. The van der Waals surface area contributed by atoms with Crippen LogP contribution in [0.2, 0.25) is 0 Å². The van der Waals surface area contributed by atoms with Crippen LogP contribution in [0, 0.1) is 0 Å². The van der Waals surface area contributed by atoms with E-state index in [1.54, 1.807) is 11.9 Å². The van der Waals surface area contributed by atoms with Gasteiger partial charge in [-0.15, -0.1) is 0 Å². The van der Waals surface area contributed by atoms with Crippen molar-refractivity contribution in [2.24, 2.45) is 4.99 Å². The molecule has 3 heterocycles. The van der Waals surface area contributed by atoms with Crippen molar-refractivity contribution in [1.82, 2.24) is 14.7 Å². The second kappa shape index (κ2) is 6.00. The number of nitrogen functional groups attached to an aromatic ring is 1. The van der Waals surface area contributed by atoms with Crippen LogP contribution in [0.4, 0.5) is 16.2 Å². The molecule has 27 heavy (non-hydrogen) atoms. The molecule has 0 saturated carbocycles. The molecule has 8 heteroatoms. The summed E-state index contributed by atoms with van der Waals surface area (Å²) in [7, 11) is 1.70. The predicted molar refractivity (Wildman–Crippen MR) is 104 cm³/mol. The van der Waals surface area contributed by atoms with Crippen molar-refractivity contribution in [2.75, 3.05) is 24.2 Å². The molecule has 142 valence electrons. The molecule has 8 nitrogen and oxygen atoms in total. The van der Waals surface area contributed by atoms with Crippen molar-refractivity contribution in [3.05, 3.63) is 35.7 Å². The van der Waals surface area contributed by atoms with E-state index >= 15 is 0 Å². The lowest BCUT2D eigenvalue weighted by atomic mass is 10.1. The van der Waals surface area contributed by atoms with E-state index in [-0.39, 0.29) is 11.9 Å². The molecule has 1 aromatic carbocycles. The zero-order valence-electron chi connectivity index (χ0n) is 16.0. The van der Waals surface area contributed by atoms with Gasteiger partial charge < -0.3 is 10.6 Å². The molecular formula is C19H24N6O2. The summed E-state index contributed by atoms with van der Waals surface area (Å²) in [6, 6.07) is 6.74. The molecule has 1 saturated heterocycles. The number of aliphatic imine (C=N–C) groups is 1. The average molecular weight is 368 g/mol. The van der Waals surface area contributed by atoms with E-state index in [0.29, 0.717) is 18.2 Å². The fraction of sp³-hybridized carbons (Fsp3) is 0.421.